The highest BCUT2D eigenvalue weighted by molar-refractivity contribution is 9.10. The van der Waals surface area contributed by atoms with Crippen molar-refractivity contribution in [2.24, 2.45) is 5.92 Å². The van der Waals surface area contributed by atoms with Gasteiger partial charge in [0.2, 0.25) is 0 Å². The summed E-state index contributed by atoms with van der Waals surface area (Å²) in [6.45, 7) is 11.2. The van der Waals surface area contributed by atoms with Gasteiger partial charge in [0, 0.05) is 10.4 Å². The zero-order chi connectivity index (χ0) is 13.2. The van der Waals surface area contributed by atoms with Gasteiger partial charge in [-0.15, -0.1) is 11.6 Å². The number of alkyl halides is 1. The van der Waals surface area contributed by atoms with E-state index in [1.807, 2.05) is 0 Å². The van der Waals surface area contributed by atoms with Gasteiger partial charge in [-0.2, -0.15) is 0 Å². The van der Waals surface area contributed by atoms with E-state index in [-0.39, 0.29) is 5.41 Å². The molecule has 0 aliphatic rings. The lowest BCUT2D eigenvalue weighted by Gasteiger charge is -2.24. The van der Waals surface area contributed by atoms with Gasteiger partial charge in [0.25, 0.3) is 0 Å². The molecule has 17 heavy (non-hydrogen) atoms. The molecule has 0 saturated heterocycles. The summed E-state index contributed by atoms with van der Waals surface area (Å²) in [7, 11) is 0. The fraction of sp³-hybridized carbons (Fsp3) is 0.600. The summed E-state index contributed by atoms with van der Waals surface area (Å²) in [5.74, 6) is 1.24. The second kappa shape index (κ2) is 5.75. The monoisotopic (exact) mass is 316 g/mol. The molecule has 96 valence electrons. The average Bonchev–Trinajstić information content (AvgIpc) is 2.18. The second-order valence-electron chi connectivity index (χ2n) is 6.08. The highest BCUT2D eigenvalue weighted by atomic mass is 79.9. The smallest absolute Gasteiger partial charge is 0.0477 e. The van der Waals surface area contributed by atoms with Crippen LogP contribution in [0.4, 0.5) is 0 Å². The van der Waals surface area contributed by atoms with Crippen LogP contribution in [0.15, 0.2) is 16.6 Å². The van der Waals surface area contributed by atoms with Gasteiger partial charge in [-0.3, -0.25) is 0 Å². The third-order valence-electron chi connectivity index (χ3n) is 2.85. The topological polar surface area (TPSA) is 0 Å². The van der Waals surface area contributed by atoms with Crippen LogP contribution in [0.2, 0.25) is 0 Å². The Labute approximate surface area is 119 Å². The highest BCUT2D eigenvalue weighted by Gasteiger charge is 2.19. The SMILES string of the molecule is CC(C)Cc1cc(C(C)(C)C)c(CCl)cc1Br. The number of rotatable bonds is 3. The third-order valence-corrected chi connectivity index (χ3v) is 3.88. The van der Waals surface area contributed by atoms with E-state index in [0.717, 1.165) is 6.42 Å². The fourth-order valence-corrected chi connectivity index (χ4v) is 2.84. The van der Waals surface area contributed by atoms with Crippen LogP contribution in [0.25, 0.3) is 0 Å². The first-order valence-electron chi connectivity index (χ1n) is 6.13. The van der Waals surface area contributed by atoms with E-state index in [4.69, 9.17) is 11.6 Å². The minimum Gasteiger partial charge on any atom is -0.122 e. The molecule has 0 bridgehead atoms. The second-order valence-corrected chi connectivity index (χ2v) is 7.20. The molecule has 0 aliphatic heterocycles. The molecule has 0 heterocycles. The molecule has 1 aromatic carbocycles. The van der Waals surface area contributed by atoms with E-state index in [1.54, 1.807) is 0 Å². The zero-order valence-corrected chi connectivity index (χ0v) is 13.7. The van der Waals surface area contributed by atoms with Gasteiger partial charge in [0.15, 0.2) is 0 Å². The van der Waals surface area contributed by atoms with Crippen molar-refractivity contribution in [3.8, 4) is 0 Å². The molecule has 2 heteroatoms. The molecular formula is C15H22BrCl. The first-order chi connectivity index (χ1) is 7.75. The van der Waals surface area contributed by atoms with Crippen molar-refractivity contribution in [3.05, 3.63) is 33.3 Å². The van der Waals surface area contributed by atoms with Gasteiger partial charge in [-0.05, 0) is 40.5 Å². The Kier molecular flexibility index (Phi) is 5.09. The molecule has 1 aromatic rings. The van der Waals surface area contributed by atoms with Crippen LogP contribution in [0.5, 0.6) is 0 Å². The predicted octanol–water partition coefficient (Wildman–Crippen LogP) is 5.68. The Morgan fingerprint density at radius 2 is 1.76 bits per heavy atom. The summed E-state index contributed by atoms with van der Waals surface area (Å²) in [6.07, 6.45) is 1.10. The van der Waals surface area contributed by atoms with Crippen LogP contribution in [0, 0.1) is 5.92 Å². The van der Waals surface area contributed by atoms with Crippen molar-refractivity contribution in [2.75, 3.05) is 0 Å². The molecule has 0 atom stereocenters. The first-order valence-corrected chi connectivity index (χ1v) is 7.46. The minimum absolute atomic E-state index is 0.149. The Morgan fingerprint density at radius 1 is 1.18 bits per heavy atom. The van der Waals surface area contributed by atoms with Gasteiger partial charge in [0.05, 0.1) is 0 Å². The number of hydrogen-bond acceptors (Lipinski definition) is 0. The van der Waals surface area contributed by atoms with Crippen molar-refractivity contribution in [1.82, 2.24) is 0 Å². The Bertz CT molecular complexity index is 389. The van der Waals surface area contributed by atoms with Crippen LogP contribution >= 0.6 is 27.5 Å². The highest BCUT2D eigenvalue weighted by Crippen LogP contribution is 2.32. The summed E-state index contributed by atoms with van der Waals surface area (Å²) in [5.41, 5.74) is 4.14. The average molecular weight is 318 g/mol. The Hall–Kier alpha value is -0.0100. The maximum atomic E-state index is 6.05. The van der Waals surface area contributed by atoms with E-state index >= 15 is 0 Å². The largest absolute Gasteiger partial charge is 0.122 e. The van der Waals surface area contributed by atoms with Crippen molar-refractivity contribution in [2.45, 2.75) is 52.3 Å². The molecule has 0 saturated carbocycles. The van der Waals surface area contributed by atoms with E-state index in [2.05, 4.69) is 62.7 Å². The Morgan fingerprint density at radius 3 is 2.18 bits per heavy atom. The maximum absolute atomic E-state index is 6.05. The van der Waals surface area contributed by atoms with Gasteiger partial charge in [-0.25, -0.2) is 0 Å². The maximum Gasteiger partial charge on any atom is 0.0477 e. The van der Waals surface area contributed by atoms with Crippen molar-refractivity contribution in [1.29, 1.82) is 0 Å². The summed E-state index contributed by atoms with van der Waals surface area (Å²) < 4.78 is 1.19. The number of hydrogen-bond donors (Lipinski definition) is 0. The summed E-state index contributed by atoms with van der Waals surface area (Å²) in [6, 6.07) is 4.51. The number of benzene rings is 1. The molecule has 0 aliphatic carbocycles. The lowest BCUT2D eigenvalue weighted by atomic mass is 9.82. The van der Waals surface area contributed by atoms with Gasteiger partial charge >= 0.3 is 0 Å². The summed E-state index contributed by atoms with van der Waals surface area (Å²) >= 11 is 9.71. The molecule has 1 rings (SSSR count). The van der Waals surface area contributed by atoms with Crippen LogP contribution in [-0.4, -0.2) is 0 Å². The first kappa shape index (κ1) is 15.0. The number of halogens is 2. The summed E-state index contributed by atoms with van der Waals surface area (Å²) in [4.78, 5) is 0. The van der Waals surface area contributed by atoms with Crippen LogP contribution < -0.4 is 0 Å². The minimum atomic E-state index is 0.149. The van der Waals surface area contributed by atoms with E-state index in [1.165, 1.54) is 21.2 Å². The lowest BCUT2D eigenvalue weighted by Crippen LogP contribution is -2.15. The van der Waals surface area contributed by atoms with Gasteiger partial charge in [-0.1, -0.05) is 56.6 Å². The van der Waals surface area contributed by atoms with Crippen LogP contribution in [0.3, 0.4) is 0 Å². The zero-order valence-electron chi connectivity index (χ0n) is 11.4. The van der Waals surface area contributed by atoms with E-state index in [9.17, 15) is 0 Å². The molecule has 0 unspecified atom stereocenters. The Balaban J connectivity index is 3.28. The molecule has 0 nitrogen and oxygen atoms in total. The molecule has 0 N–H and O–H groups in total. The predicted molar refractivity (Wildman–Crippen MR) is 80.9 cm³/mol. The van der Waals surface area contributed by atoms with Crippen molar-refractivity contribution in [3.63, 3.8) is 0 Å². The standard InChI is InChI=1S/C15H22BrCl/c1-10(2)6-11-7-13(15(3,4)5)12(9-17)8-14(11)16/h7-8,10H,6,9H2,1-5H3. The molecule has 0 spiro atoms. The molecule has 0 aromatic heterocycles. The van der Waals surface area contributed by atoms with Crippen molar-refractivity contribution < 1.29 is 0 Å². The molecule has 0 fully saturated rings. The normalized spacial score (nSPS) is 12.2. The fourth-order valence-electron chi connectivity index (χ4n) is 2.06. The van der Waals surface area contributed by atoms with Gasteiger partial charge < -0.3 is 0 Å². The van der Waals surface area contributed by atoms with E-state index in [0.29, 0.717) is 11.8 Å². The summed E-state index contributed by atoms with van der Waals surface area (Å²) in [5, 5.41) is 0. The van der Waals surface area contributed by atoms with E-state index < -0.39 is 0 Å². The van der Waals surface area contributed by atoms with Crippen molar-refractivity contribution >= 4 is 27.5 Å². The lowest BCUT2D eigenvalue weighted by molar-refractivity contribution is 0.581. The third kappa shape index (κ3) is 3.99. The van der Waals surface area contributed by atoms with Crippen LogP contribution in [0.1, 0.15) is 51.3 Å². The molecule has 0 amide bonds. The molecule has 0 radical (unpaired) electrons. The van der Waals surface area contributed by atoms with Crippen LogP contribution in [-0.2, 0) is 17.7 Å². The van der Waals surface area contributed by atoms with Gasteiger partial charge in [0.1, 0.15) is 0 Å². The quantitative estimate of drug-likeness (QED) is 0.629. The molecular weight excluding hydrogens is 296 g/mol.